The maximum atomic E-state index is 12.3. The smallest absolute Gasteiger partial charge is 0.216 e. The van der Waals surface area contributed by atoms with E-state index in [4.69, 9.17) is 0 Å². The first-order valence-electron chi connectivity index (χ1n) is 7.06. The minimum atomic E-state index is -3.56. The van der Waals surface area contributed by atoms with Gasteiger partial charge in [0.2, 0.25) is 10.0 Å². The van der Waals surface area contributed by atoms with E-state index in [0.29, 0.717) is 5.92 Å². The Kier molecular flexibility index (Phi) is 3.80. The van der Waals surface area contributed by atoms with Gasteiger partial charge in [-0.3, -0.25) is 0 Å². The van der Waals surface area contributed by atoms with Gasteiger partial charge in [-0.2, -0.15) is 0 Å². The second kappa shape index (κ2) is 4.68. The zero-order valence-corrected chi connectivity index (χ0v) is 14.3. The Morgan fingerprint density at radius 1 is 1.10 bits per heavy atom. The second-order valence-corrected chi connectivity index (χ2v) is 11.9. The highest BCUT2D eigenvalue weighted by Gasteiger charge is 2.47. The zero-order chi connectivity index (χ0) is 15.4. The molecule has 1 N–H and O–H groups in total. The van der Waals surface area contributed by atoms with Gasteiger partial charge in [-0.15, -0.1) is 0 Å². The van der Waals surface area contributed by atoms with Crippen molar-refractivity contribution >= 4 is 19.9 Å². The molecule has 0 spiro atoms. The van der Waals surface area contributed by atoms with Crippen molar-refractivity contribution in [1.29, 1.82) is 0 Å². The van der Waals surface area contributed by atoms with Crippen molar-refractivity contribution in [2.45, 2.75) is 57.7 Å². The van der Waals surface area contributed by atoms with E-state index in [1.807, 2.05) is 6.92 Å². The minimum Gasteiger partial charge on any atom is -0.229 e. The topological polar surface area (TPSA) is 80.3 Å². The number of sulfonamides is 1. The summed E-state index contributed by atoms with van der Waals surface area (Å²) in [5.41, 5.74) is -0.375. The van der Waals surface area contributed by atoms with Gasteiger partial charge in [-0.1, -0.05) is 20.8 Å². The highest BCUT2D eigenvalue weighted by Crippen LogP contribution is 2.44. The molecule has 0 amide bonds. The number of hydrogen-bond donors (Lipinski definition) is 1. The summed E-state index contributed by atoms with van der Waals surface area (Å²) in [6, 6.07) is 0. The van der Waals surface area contributed by atoms with Gasteiger partial charge in [-0.05, 0) is 37.5 Å². The maximum absolute atomic E-state index is 12.3. The van der Waals surface area contributed by atoms with E-state index in [1.54, 1.807) is 0 Å². The molecule has 7 heteroatoms. The fourth-order valence-electron chi connectivity index (χ4n) is 4.19. The third kappa shape index (κ3) is 3.54. The largest absolute Gasteiger partial charge is 0.229 e. The molecule has 0 bridgehead atoms. The maximum Gasteiger partial charge on any atom is 0.216 e. The SMILES string of the molecule is C[C@@H]1CC(C)(C)C[C@](C)(NS(=O)(=O)C2CS(=O)(=O)C2)C1. The van der Waals surface area contributed by atoms with Crippen LogP contribution in [-0.4, -0.2) is 39.1 Å². The van der Waals surface area contributed by atoms with E-state index < -0.39 is 30.6 Å². The Morgan fingerprint density at radius 2 is 1.65 bits per heavy atom. The molecule has 20 heavy (non-hydrogen) atoms. The lowest BCUT2D eigenvalue weighted by atomic mass is 9.65. The molecule has 2 aliphatic rings. The van der Waals surface area contributed by atoms with Crippen molar-refractivity contribution in [2.24, 2.45) is 11.3 Å². The first kappa shape index (κ1) is 16.2. The third-order valence-electron chi connectivity index (χ3n) is 4.28. The van der Waals surface area contributed by atoms with Crippen molar-refractivity contribution < 1.29 is 16.8 Å². The van der Waals surface area contributed by atoms with Crippen LogP contribution in [0.5, 0.6) is 0 Å². The average molecular weight is 323 g/mol. The van der Waals surface area contributed by atoms with E-state index in [1.165, 1.54) is 0 Å². The van der Waals surface area contributed by atoms with Crippen molar-refractivity contribution in [3.8, 4) is 0 Å². The highest BCUT2D eigenvalue weighted by molar-refractivity contribution is 7.98. The molecule has 1 saturated carbocycles. The summed E-state index contributed by atoms with van der Waals surface area (Å²) >= 11 is 0. The summed E-state index contributed by atoms with van der Waals surface area (Å²) in [5.74, 6) is -0.0223. The van der Waals surface area contributed by atoms with Crippen LogP contribution in [0.15, 0.2) is 0 Å². The van der Waals surface area contributed by atoms with Crippen molar-refractivity contribution in [2.75, 3.05) is 11.5 Å². The van der Waals surface area contributed by atoms with Gasteiger partial charge < -0.3 is 0 Å². The highest BCUT2D eigenvalue weighted by atomic mass is 32.2. The fourth-order valence-corrected chi connectivity index (χ4v) is 8.91. The lowest BCUT2D eigenvalue weighted by Crippen LogP contribution is -2.59. The third-order valence-corrected chi connectivity index (χ3v) is 8.51. The standard InChI is InChI=1S/C13H25NO4S2/c1-10-5-12(2,3)9-13(4,6-10)14-20(17,18)11-7-19(15,16)8-11/h10-11,14H,5-9H2,1-4H3/t10-,13-/m1/s1. The Bertz CT molecular complexity index is 582. The van der Waals surface area contributed by atoms with Crippen LogP contribution in [0.2, 0.25) is 0 Å². The normalized spacial score (nSPS) is 37.3. The molecule has 1 aliphatic heterocycles. The van der Waals surface area contributed by atoms with Crippen molar-refractivity contribution in [3.63, 3.8) is 0 Å². The lowest BCUT2D eigenvalue weighted by Gasteiger charge is -2.46. The Hall–Kier alpha value is -0.140. The lowest BCUT2D eigenvalue weighted by molar-refractivity contribution is 0.108. The average Bonchev–Trinajstić information content (AvgIpc) is 2.06. The first-order chi connectivity index (χ1) is 8.83. The van der Waals surface area contributed by atoms with E-state index in [2.05, 4.69) is 25.5 Å². The van der Waals surface area contributed by atoms with Crippen LogP contribution >= 0.6 is 0 Å². The van der Waals surface area contributed by atoms with Crippen molar-refractivity contribution in [3.05, 3.63) is 0 Å². The molecule has 1 heterocycles. The van der Waals surface area contributed by atoms with Crippen LogP contribution in [0.4, 0.5) is 0 Å². The van der Waals surface area contributed by atoms with Crippen LogP contribution in [-0.2, 0) is 19.9 Å². The first-order valence-corrected chi connectivity index (χ1v) is 10.4. The van der Waals surface area contributed by atoms with Gasteiger partial charge in [0.25, 0.3) is 0 Å². The number of nitrogens with one attached hydrogen (secondary N) is 1. The summed E-state index contributed by atoms with van der Waals surface area (Å²) in [6.07, 6.45) is 2.67. The van der Waals surface area contributed by atoms with Crippen LogP contribution < -0.4 is 4.72 Å². The zero-order valence-electron chi connectivity index (χ0n) is 12.6. The van der Waals surface area contributed by atoms with E-state index in [9.17, 15) is 16.8 Å². The van der Waals surface area contributed by atoms with Crippen molar-refractivity contribution in [1.82, 2.24) is 4.72 Å². The molecular formula is C13H25NO4S2. The van der Waals surface area contributed by atoms with Crippen LogP contribution in [0.3, 0.4) is 0 Å². The quantitative estimate of drug-likeness (QED) is 0.849. The Labute approximate surface area is 122 Å². The molecule has 1 saturated heterocycles. The molecule has 2 atom stereocenters. The van der Waals surface area contributed by atoms with Gasteiger partial charge in [0, 0.05) is 5.54 Å². The molecule has 1 aliphatic carbocycles. The number of sulfone groups is 1. The fraction of sp³-hybridized carbons (Fsp3) is 1.00. The van der Waals surface area contributed by atoms with Gasteiger partial charge in [0.15, 0.2) is 9.84 Å². The molecule has 2 fully saturated rings. The van der Waals surface area contributed by atoms with E-state index >= 15 is 0 Å². The van der Waals surface area contributed by atoms with Gasteiger partial charge in [0.1, 0.15) is 5.25 Å². The molecule has 2 rings (SSSR count). The van der Waals surface area contributed by atoms with E-state index in [0.717, 1.165) is 19.3 Å². The molecule has 0 radical (unpaired) electrons. The monoisotopic (exact) mass is 323 g/mol. The summed E-state index contributed by atoms with van der Waals surface area (Å²) in [7, 11) is -6.68. The van der Waals surface area contributed by atoms with Gasteiger partial charge >= 0.3 is 0 Å². The number of rotatable bonds is 3. The predicted molar refractivity (Wildman–Crippen MR) is 79.7 cm³/mol. The summed E-state index contributed by atoms with van der Waals surface area (Å²) in [6.45, 7) is 8.39. The molecule has 0 aromatic rings. The van der Waals surface area contributed by atoms with E-state index in [-0.39, 0.29) is 16.9 Å². The van der Waals surface area contributed by atoms with Crippen LogP contribution in [0.1, 0.15) is 47.0 Å². The molecule has 0 aromatic carbocycles. The molecular weight excluding hydrogens is 298 g/mol. The molecule has 5 nitrogen and oxygen atoms in total. The van der Waals surface area contributed by atoms with Crippen LogP contribution in [0, 0.1) is 11.3 Å². The molecule has 0 unspecified atom stereocenters. The Balaban J connectivity index is 2.12. The molecule has 118 valence electrons. The predicted octanol–water partition coefficient (Wildman–Crippen LogP) is 1.31. The summed E-state index contributed by atoms with van der Waals surface area (Å²) < 4.78 is 49.8. The summed E-state index contributed by atoms with van der Waals surface area (Å²) in [4.78, 5) is 0. The minimum absolute atomic E-state index is 0.0978. The van der Waals surface area contributed by atoms with Gasteiger partial charge in [-0.25, -0.2) is 21.6 Å². The number of hydrogen-bond acceptors (Lipinski definition) is 4. The van der Waals surface area contributed by atoms with Gasteiger partial charge in [0.05, 0.1) is 11.5 Å². The molecule has 0 aromatic heterocycles. The second-order valence-electron chi connectivity index (χ2n) is 7.76. The van der Waals surface area contributed by atoms with Crippen LogP contribution in [0.25, 0.3) is 0 Å². The Morgan fingerprint density at radius 3 is 2.10 bits per heavy atom. The summed E-state index contributed by atoms with van der Waals surface area (Å²) in [5, 5.41) is -0.773.